The number of ether oxygens (including phenoxy) is 1. The Morgan fingerprint density at radius 3 is 2.34 bits per heavy atom. The molecule has 2 aromatic carbocycles. The van der Waals surface area contributed by atoms with Gasteiger partial charge in [-0.3, -0.25) is 4.79 Å². The molecule has 1 aliphatic rings. The summed E-state index contributed by atoms with van der Waals surface area (Å²) in [6, 6.07) is 8.67. The first-order valence-electron chi connectivity index (χ1n) is 9.23. The fourth-order valence-corrected chi connectivity index (χ4v) is 3.35. The molecule has 0 unspecified atom stereocenters. The van der Waals surface area contributed by atoms with Crippen LogP contribution in [0, 0.1) is 0 Å². The minimum atomic E-state index is -0.780. The Morgan fingerprint density at radius 2 is 1.66 bits per heavy atom. The second kappa shape index (κ2) is 7.38. The number of piperidine rings is 1. The Morgan fingerprint density at radius 1 is 0.966 bits per heavy atom. The summed E-state index contributed by atoms with van der Waals surface area (Å²) in [5.41, 5.74) is -0.107. The molecule has 0 aliphatic carbocycles. The fraction of sp³-hybridized carbons (Fsp3) is 0.238. The molecule has 1 amide bonds. The van der Waals surface area contributed by atoms with E-state index in [1.807, 2.05) is 0 Å². The van der Waals surface area contributed by atoms with E-state index < -0.39 is 22.7 Å². The Balaban J connectivity index is 1.60. The minimum absolute atomic E-state index is 0.0686. The number of likely N-dealkylation sites (tertiary alicyclic amines) is 1. The molecule has 0 saturated carbocycles. The second-order valence-electron chi connectivity index (χ2n) is 6.88. The van der Waals surface area contributed by atoms with E-state index in [1.165, 1.54) is 6.07 Å². The lowest BCUT2D eigenvalue weighted by atomic mass is 10.1. The van der Waals surface area contributed by atoms with Crippen molar-refractivity contribution in [1.29, 1.82) is 0 Å². The van der Waals surface area contributed by atoms with Crippen molar-refractivity contribution in [3.05, 3.63) is 46.6 Å². The molecule has 0 radical (unpaired) electrons. The fourth-order valence-electron chi connectivity index (χ4n) is 3.35. The van der Waals surface area contributed by atoms with Gasteiger partial charge in [0.1, 0.15) is 22.5 Å². The number of aromatic hydroxyl groups is 3. The maximum absolute atomic E-state index is 12.4. The predicted octanol–water partition coefficient (Wildman–Crippen LogP) is 3.56. The molecule has 1 fully saturated rings. The zero-order valence-corrected chi connectivity index (χ0v) is 15.4. The Bertz CT molecular complexity index is 1130. The van der Waals surface area contributed by atoms with E-state index in [0.29, 0.717) is 24.4 Å². The number of hydrogen-bond acceptors (Lipinski definition) is 7. The lowest BCUT2D eigenvalue weighted by Crippen LogP contribution is -2.37. The van der Waals surface area contributed by atoms with Crippen LogP contribution in [0.2, 0.25) is 0 Å². The summed E-state index contributed by atoms with van der Waals surface area (Å²) in [7, 11) is 0. The highest BCUT2D eigenvalue weighted by Gasteiger charge is 2.19. The Labute approximate surface area is 165 Å². The van der Waals surface area contributed by atoms with Gasteiger partial charge in [-0.2, -0.15) is 0 Å². The first-order valence-corrected chi connectivity index (χ1v) is 9.23. The van der Waals surface area contributed by atoms with Crippen LogP contribution < -0.4 is 10.2 Å². The van der Waals surface area contributed by atoms with Gasteiger partial charge in [0, 0.05) is 30.8 Å². The smallest absolute Gasteiger partial charge is 0.415 e. The second-order valence-corrected chi connectivity index (χ2v) is 6.88. The molecule has 0 spiro atoms. The Hall–Kier alpha value is -3.68. The van der Waals surface area contributed by atoms with Gasteiger partial charge in [0.05, 0.1) is 0 Å². The average molecular weight is 397 g/mol. The van der Waals surface area contributed by atoms with Crippen LogP contribution in [-0.4, -0.2) is 39.4 Å². The van der Waals surface area contributed by atoms with Crippen LogP contribution in [0.15, 0.2) is 45.6 Å². The number of fused-ring (bicyclic) bond motifs is 1. The number of phenolic OH excluding ortho intramolecular Hbond substituents is 3. The van der Waals surface area contributed by atoms with Crippen molar-refractivity contribution in [1.82, 2.24) is 4.90 Å². The lowest BCUT2D eigenvalue weighted by molar-refractivity contribution is 0.142. The maximum atomic E-state index is 12.4. The van der Waals surface area contributed by atoms with Crippen molar-refractivity contribution in [2.45, 2.75) is 19.3 Å². The van der Waals surface area contributed by atoms with Crippen LogP contribution >= 0.6 is 0 Å². The standard InChI is InChI=1S/C21H19NO7/c23-14-10-16(29-17-11-15(24)19(25)20(26)18(14)17)12-4-6-13(7-5-12)28-21(27)22-8-2-1-3-9-22/h4-7,10-11,24-26H,1-3,8-9H2. The number of rotatable bonds is 2. The average Bonchev–Trinajstić information content (AvgIpc) is 2.73. The number of carbonyl (C=O) groups is 1. The highest BCUT2D eigenvalue weighted by molar-refractivity contribution is 5.89. The first-order chi connectivity index (χ1) is 13.9. The molecule has 4 rings (SSSR count). The summed E-state index contributed by atoms with van der Waals surface area (Å²) in [6.07, 6.45) is 2.67. The van der Waals surface area contributed by atoms with Crippen LogP contribution in [0.5, 0.6) is 23.0 Å². The van der Waals surface area contributed by atoms with Gasteiger partial charge < -0.3 is 29.4 Å². The topological polar surface area (TPSA) is 120 Å². The molecule has 3 aromatic rings. The first kappa shape index (κ1) is 18.7. The SMILES string of the molecule is O=C(Oc1ccc(-c2cc(=O)c3c(O)c(O)c(O)cc3o2)cc1)N1CCCCC1. The molecule has 1 aliphatic heterocycles. The summed E-state index contributed by atoms with van der Waals surface area (Å²) in [5, 5.41) is 28.9. The number of amides is 1. The highest BCUT2D eigenvalue weighted by Crippen LogP contribution is 2.40. The molecule has 1 saturated heterocycles. The van der Waals surface area contributed by atoms with E-state index in [1.54, 1.807) is 29.2 Å². The quantitative estimate of drug-likeness (QED) is 0.565. The lowest BCUT2D eigenvalue weighted by Gasteiger charge is -2.25. The van der Waals surface area contributed by atoms with Crippen molar-refractivity contribution in [2.24, 2.45) is 0 Å². The number of benzene rings is 2. The third-order valence-electron chi connectivity index (χ3n) is 4.90. The summed E-state index contributed by atoms with van der Waals surface area (Å²) < 4.78 is 11.0. The van der Waals surface area contributed by atoms with Gasteiger partial charge in [-0.1, -0.05) is 0 Å². The normalized spacial score (nSPS) is 14.1. The Kier molecular flexibility index (Phi) is 4.75. The number of hydrogen-bond donors (Lipinski definition) is 3. The van der Waals surface area contributed by atoms with Gasteiger partial charge in [0.25, 0.3) is 0 Å². The molecule has 2 heterocycles. The van der Waals surface area contributed by atoms with E-state index in [0.717, 1.165) is 25.3 Å². The van der Waals surface area contributed by atoms with E-state index in [2.05, 4.69) is 0 Å². The third kappa shape index (κ3) is 3.56. The molecule has 29 heavy (non-hydrogen) atoms. The number of carbonyl (C=O) groups excluding carboxylic acids is 1. The van der Waals surface area contributed by atoms with Crippen molar-refractivity contribution in [3.8, 4) is 34.3 Å². The maximum Gasteiger partial charge on any atom is 0.415 e. The minimum Gasteiger partial charge on any atom is -0.504 e. The molecular weight excluding hydrogens is 378 g/mol. The molecule has 1 aromatic heterocycles. The largest absolute Gasteiger partial charge is 0.504 e. The third-order valence-corrected chi connectivity index (χ3v) is 4.90. The van der Waals surface area contributed by atoms with Gasteiger partial charge in [-0.25, -0.2) is 4.79 Å². The summed E-state index contributed by atoms with van der Waals surface area (Å²) in [5.74, 6) is -1.55. The molecule has 0 bridgehead atoms. The van der Waals surface area contributed by atoms with Gasteiger partial charge in [-0.15, -0.1) is 0 Å². The molecule has 8 nitrogen and oxygen atoms in total. The molecule has 3 N–H and O–H groups in total. The van der Waals surface area contributed by atoms with Crippen LogP contribution in [-0.2, 0) is 0 Å². The zero-order valence-electron chi connectivity index (χ0n) is 15.4. The molecule has 8 heteroatoms. The number of phenols is 3. The van der Waals surface area contributed by atoms with E-state index in [-0.39, 0.29) is 22.8 Å². The van der Waals surface area contributed by atoms with Crippen LogP contribution in [0.4, 0.5) is 4.79 Å². The zero-order chi connectivity index (χ0) is 20.5. The van der Waals surface area contributed by atoms with Crippen LogP contribution in [0.25, 0.3) is 22.3 Å². The van der Waals surface area contributed by atoms with Crippen molar-refractivity contribution >= 4 is 17.1 Å². The van der Waals surface area contributed by atoms with E-state index in [4.69, 9.17) is 9.15 Å². The van der Waals surface area contributed by atoms with Gasteiger partial charge in [0.2, 0.25) is 5.75 Å². The predicted molar refractivity (Wildman–Crippen MR) is 104 cm³/mol. The van der Waals surface area contributed by atoms with E-state index >= 15 is 0 Å². The molecule has 0 atom stereocenters. The van der Waals surface area contributed by atoms with Crippen molar-refractivity contribution in [3.63, 3.8) is 0 Å². The van der Waals surface area contributed by atoms with Crippen LogP contribution in [0.3, 0.4) is 0 Å². The van der Waals surface area contributed by atoms with Crippen molar-refractivity contribution < 1.29 is 29.3 Å². The monoisotopic (exact) mass is 397 g/mol. The molecule has 150 valence electrons. The summed E-state index contributed by atoms with van der Waals surface area (Å²) >= 11 is 0. The van der Waals surface area contributed by atoms with Gasteiger partial charge >= 0.3 is 6.09 Å². The van der Waals surface area contributed by atoms with Crippen LogP contribution in [0.1, 0.15) is 19.3 Å². The van der Waals surface area contributed by atoms with E-state index in [9.17, 15) is 24.9 Å². The van der Waals surface area contributed by atoms with Gasteiger partial charge in [-0.05, 0) is 43.5 Å². The number of nitrogens with zero attached hydrogens (tertiary/aromatic N) is 1. The highest BCUT2D eigenvalue weighted by atomic mass is 16.6. The molecular formula is C21H19NO7. The summed E-state index contributed by atoms with van der Waals surface area (Å²) in [6.45, 7) is 1.38. The summed E-state index contributed by atoms with van der Waals surface area (Å²) in [4.78, 5) is 26.2. The van der Waals surface area contributed by atoms with Gasteiger partial charge in [0.15, 0.2) is 16.9 Å². The van der Waals surface area contributed by atoms with Crippen molar-refractivity contribution in [2.75, 3.05) is 13.1 Å².